The Morgan fingerprint density at radius 3 is 2.00 bits per heavy atom. The number of likely N-dealkylation sites (N-methyl/N-ethyl adjacent to an activating group) is 1. The summed E-state index contributed by atoms with van der Waals surface area (Å²) >= 11 is 0. The molecule has 1 fully saturated rings. The Balaban J connectivity index is 1.90. The van der Waals surface area contributed by atoms with Crippen molar-refractivity contribution in [2.24, 2.45) is 0 Å². The maximum Gasteiger partial charge on any atom is 0.255 e. The molecule has 1 N–H and O–H groups in total. The predicted molar refractivity (Wildman–Crippen MR) is 125 cm³/mol. The second-order valence-corrected chi connectivity index (χ2v) is 10.7. The lowest BCUT2D eigenvalue weighted by Crippen LogP contribution is -2.47. The van der Waals surface area contributed by atoms with Crippen molar-refractivity contribution >= 4 is 21.6 Å². The first kappa shape index (κ1) is 23.4. The normalized spacial score (nSPS) is 16.1. The highest BCUT2D eigenvalue weighted by Gasteiger charge is 2.28. The van der Waals surface area contributed by atoms with Gasteiger partial charge in [0.15, 0.2) is 0 Å². The number of rotatable bonds is 6. The summed E-state index contributed by atoms with van der Waals surface area (Å²) in [7, 11) is -1.65. The first-order valence-electron chi connectivity index (χ1n) is 10.8. The predicted octanol–water partition coefficient (Wildman–Crippen LogP) is 4.12. The number of anilines is 1. The molecule has 0 aliphatic carbocycles. The number of carbonyl (C=O) groups is 1. The van der Waals surface area contributed by atoms with Crippen molar-refractivity contribution in [1.82, 2.24) is 9.21 Å². The van der Waals surface area contributed by atoms with Crippen LogP contribution in [0.25, 0.3) is 0 Å². The van der Waals surface area contributed by atoms with E-state index in [0.717, 1.165) is 16.8 Å². The standard InChI is InChI=1S/C24H33N3O3S/c1-17(2)21-10-7-11-22(18(3)4)23(21)25-24(28)19-8-6-9-20(16-19)31(29,30)27-14-12-26(5)13-15-27/h6-11,16-18H,12-15H2,1-5H3,(H,25,28). The van der Waals surface area contributed by atoms with E-state index in [1.165, 1.54) is 10.4 Å². The molecule has 168 valence electrons. The molecule has 2 aromatic rings. The van der Waals surface area contributed by atoms with Crippen LogP contribution in [0.5, 0.6) is 0 Å². The molecule has 31 heavy (non-hydrogen) atoms. The fourth-order valence-corrected chi connectivity index (χ4v) is 5.32. The fourth-order valence-electron chi connectivity index (χ4n) is 3.86. The van der Waals surface area contributed by atoms with E-state index in [2.05, 4.69) is 37.9 Å². The summed E-state index contributed by atoms with van der Waals surface area (Å²) < 4.78 is 27.7. The highest BCUT2D eigenvalue weighted by Crippen LogP contribution is 2.33. The van der Waals surface area contributed by atoms with Crippen molar-refractivity contribution in [2.45, 2.75) is 44.4 Å². The van der Waals surface area contributed by atoms with Crippen LogP contribution in [0.2, 0.25) is 0 Å². The monoisotopic (exact) mass is 443 g/mol. The minimum atomic E-state index is -3.63. The minimum absolute atomic E-state index is 0.158. The van der Waals surface area contributed by atoms with Gasteiger partial charge in [-0.1, -0.05) is 52.0 Å². The molecule has 6 nitrogen and oxygen atoms in total. The first-order valence-corrected chi connectivity index (χ1v) is 12.3. The van der Waals surface area contributed by atoms with Gasteiger partial charge < -0.3 is 10.2 Å². The van der Waals surface area contributed by atoms with Crippen LogP contribution in [0.4, 0.5) is 5.69 Å². The van der Waals surface area contributed by atoms with Crippen LogP contribution in [0, 0.1) is 0 Å². The van der Waals surface area contributed by atoms with E-state index in [9.17, 15) is 13.2 Å². The van der Waals surface area contributed by atoms with Gasteiger partial charge in [0.1, 0.15) is 0 Å². The van der Waals surface area contributed by atoms with Crippen molar-refractivity contribution in [3.05, 3.63) is 59.2 Å². The molecular weight excluding hydrogens is 410 g/mol. The molecule has 0 bridgehead atoms. The third-order valence-electron chi connectivity index (χ3n) is 5.81. The van der Waals surface area contributed by atoms with Crippen molar-refractivity contribution in [1.29, 1.82) is 0 Å². The Kier molecular flexibility index (Phi) is 7.19. The number of benzene rings is 2. The molecule has 0 aromatic heterocycles. The molecule has 3 rings (SSSR count). The molecule has 0 spiro atoms. The molecule has 0 saturated carbocycles. The largest absolute Gasteiger partial charge is 0.321 e. The number of hydrogen-bond acceptors (Lipinski definition) is 4. The van der Waals surface area contributed by atoms with Crippen LogP contribution < -0.4 is 5.32 Å². The van der Waals surface area contributed by atoms with Gasteiger partial charge in [-0.2, -0.15) is 4.31 Å². The summed E-state index contributed by atoms with van der Waals surface area (Å²) in [6.45, 7) is 10.7. The molecule has 1 amide bonds. The number of nitrogens with one attached hydrogen (secondary N) is 1. The highest BCUT2D eigenvalue weighted by molar-refractivity contribution is 7.89. The van der Waals surface area contributed by atoms with Crippen LogP contribution in [0.3, 0.4) is 0 Å². The van der Waals surface area contributed by atoms with Gasteiger partial charge in [0, 0.05) is 37.4 Å². The van der Waals surface area contributed by atoms with Gasteiger partial charge in [0.05, 0.1) is 4.90 Å². The Hall–Kier alpha value is -2.22. The van der Waals surface area contributed by atoms with E-state index in [1.54, 1.807) is 18.2 Å². The fraction of sp³-hybridized carbons (Fsp3) is 0.458. The van der Waals surface area contributed by atoms with Gasteiger partial charge in [0.2, 0.25) is 10.0 Å². The summed E-state index contributed by atoms with van der Waals surface area (Å²) in [5, 5.41) is 3.07. The van der Waals surface area contributed by atoms with Crippen LogP contribution in [0.1, 0.15) is 61.0 Å². The second kappa shape index (κ2) is 9.51. The molecule has 1 aliphatic rings. The third kappa shape index (κ3) is 5.17. The van der Waals surface area contributed by atoms with E-state index in [0.29, 0.717) is 31.7 Å². The molecular formula is C24H33N3O3S. The lowest BCUT2D eigenvalue weighted by molar-refractivity contribution is 0.102. The molecule has 0 unspecified atom stereocenters. The lowest BCUT2D eigenvalue weighted by atomic mass is 9.92. The Bertz CT molecular complexity index is 1010. The van der Waals surface area contributed by atoms with Crippen molar-refractivity contribution in [3.63, 3.8) is 0 Å². The maximum atomic E-state index is 13.1. The number of nitrogens with zero attached hydrogens (tertiary/aromatic N) is 2. The number of amides is 1. The quantitative estimate of drug-likeness (QED) is 0.729. The van der Waals surface area contributed by atoms with Crippen molar-refractivity contribution < 1.29 is 13.2 Å². The van der Waals surface area contributed by atoms with E-state index in [4.69, 9.17) is 0 Å². The van der Waals surface area contributed by atoms with Crippen molar-refractivity contribution in [2.75, 3.05) is 38.5 Å². The van der Waals surface area contributed by atoms with Gasteiger partial charge in [-0.15, -0.1) is 0 Å². The summed E-state index contributed by atoms with van der Waals surface area (Å²) in [6.07, 6.45) is 0. The molecule has 1 aliphatic heterocycles. The molecule has 0 atom stereocenters. The second-order valence-electron chi connectivity index (χ2n) is 8.81. The minimum Gasteiger partial charge on any atom is -0.321 e. The third-order valence-corrected chi connectivity index (χ3v) is 7.70. The number of sulfonamides is 1. The zero-order valence-electron chi connectivity index (χ0n) is 19.1. The number of piperazine rings is 1. The van der Waals surface area contributed by atoms with E-state index in [1.807, 2.05) is 25.2 Å². The van der Waals surface area contributed by atoms with E-state index < -0.39 is 10.0 Å². The molecule has 0 radical (unpaired) electrons. The zero-order chi connectivity index (χ0) is 22.8. The molecule has 1 heterocycles. The van der Waals surface area contributed by atoms with E-state index in [-0.39, 0.29) is 22.6 Å². The molecule has 1 saturated heterocycles. The summed E-state index contributed by atoms with van der Waals surface area (Å²) in [5.41, 5.74) is 3.30. The van der Waals surface area contributed by atoms with Gasteiger partial charge in [-0.05, 0) is 48.2 Å². The summed E-state index contributed by atoms with van der Waals surface area (Å²) in [4.78, 5) is 15.4. The first-order chi connectivity index (χ1) is 14.6. The maximum absolute atomic E-state index is 13.1. The van der Waals surface area contributed by atoms with Crippen LogP contribution in [-0.4, -0.2) is 56.8 Å². The number of carbonyl (C=O) groups excluding carboxylic acids is 1. The van der Waals surface area contributed by atoms with Crippen molar-refractivity contribution in [3.8, 4) is 0 Å². The van der Waals surface area contributed by atoms with Crippen LogP contribution in [-0.2, 0) is 10.0 Å². The van der Waals surface area contributed by atoms with E-state index >= 15 is 0 Å². The smallest absolute Gasteiger partial charge is 0.255 e. The van der Waals surface area contributed by atoms with Crippen LogP contribution in [0.15, 0.2) is 47.4 Å². The lowest BCUT2D eigenvalue weighted by Gasteiger charge is -2.31. The zero-order valence-corrected chi connectivity index (χ0v) is 19.9. The number of para-hydroxylation sites is 1. The van der Waals surface area contributed by atoms with Gasteiger partial charge in [-0.25, -0.2) is 8.42 Å². The summed E-state index contributed by atoms with van der Waals surface area (Å²) in [6, 6.07) is 12.4. The number of hydrogen-bond donors (Lipinski definition) is 1. The van der Waals surface area contributed by atoms with Gasteiger partial charge in [-0.3, -0.25) is 4.79 Å². The summed E-state index contributed by atoms with van der Waals surface area (Å²) in [5.74, 6) is 0.196. The Morgan fingerprint density at radius 1 is 0.903 bits per heavy atom. The average Bonchev–Trinajstić information content (AvgIpc) is 2.74. The van der Waals surface area contributed by atoms with Gasteiger partial charge >= 0.3 is 0 Å². The van der Waals surface area contributed by atoms with Gasteiger partial charge in [0.25, 0.3) is 5.91 Å². The molecule has 7 heteroatoms. The average molecular weight is 444 g/mol. The molecule has 2 aromatic carbocycles. The SMILES string of the molecule is CC(C)c1cccc(C(C)C)c1NC(=O)c1cccc(S(=O)(=O)N2CCN(C)CC2)c1. The highest BCUT2D eigenvalue weighted by atomic mass is 32.2. The van der Waals surface area contributed by atoms with Crippen LogP contribution >= 0.6 is 0 Å². The Morgan fingerprint density at radius 2 is 1.45 bits per heavy atom. The topological polar surface area (TPSA) is 69.7 Å². The Labute approximate surface area is 186 Å².